The van der Waals surface area contributed by atoms with Crippen molar-refractivity contribution in [3.05, 3.63) is 0 Å². The molecule has 70 valence electrons. The number of hydrogen-bond donors (Lipinski definition) is 3. The molecule has 0 radical (unpaired) electrons. The molecule has 0 saturated heterocycles. The van der Waals surface area contributed by atoms with Gasteiger partial charge in [-0.05, 0) is 7.05 Å². The maximum absolute atomic E-state index is 5.48. The lowest BCUT2D eigenvalue weighted by molar-refractivity contribution is 0.337. The van der Waals surface area contributed by atoms with Gasteiger partial charge in [0, 0.05) is 25.0 Å². The van der Waals surface area contributed by atoms with E-state index in [2.05, 4.69) is 12.2 Å². The molecule has 0 bridgehead atoms. The van der Waals surface area contributed by atoms with Gasteiger partial charge in [-0.3, -0.25) is 0 Å². The van der Waals surface area contributed by atoms with Gasteiger partial charge in [0.1, 0.15) is 0 Å². The van der Waals surface area contributed by atoms with E-state index >= 15 is 0 Å². The van der Waals surface area contributed by atoms with Gasteiger partial charge in [0.15, 0.2) is 0 Å². The van der Waals surface area contributed by atoms with Gasteiger partial charge in [0.25, 0.3) is 0 Å². The Bertz CT molecular complexity index is 69.7. The lowest BCUT2D eigenvalue weighted by Gasteiger charge is -2.25. The Morgan fingerprint density at radius 1 is 1.18 bits per heavy atom. The first kappa shape index (κ1) is 13.5. The van der Waals surface area contributed by atoms with Crippen LogP contribution in [0.1, 0.15) is 20.8 Å². The average Bonchev–Trinajstić information content (AvgIpc) is 2.08. The van der Waals surface area contributed by atoms with Crippen LogP contribution in [-0.4, -0.2) is 26.7 Å². The molecule has 0 aliphatic heterocycles. The van der Waals surface area contributed by atoms with Gasteiger partial charge in [0.05, 0.1) is 0 Å². The van der Waals surface area contributed by atoms with E-state index in [1.165, 1.54) is 0 Å². The van der Waals surface area contributed by atoms with Gasteiger partial charge >= 0.3 is 0 Å². The number of nitrogens with two attached hydrogens (primary N) is 2. The van der Waals surface area contributed by atoms with E-state index in [-0.39, 0.29) is 5.41 Å². The van der Waals surface area contributed by atoms with E-state index in [4.69, 9.17) is 11.5 Å². The fourth-order valence-electron chi connectivity index (χ4n) is 0.654. The van der Waals surface area contributed by atoms with Crippen molar-refractivity contribution in [3.8, 4) is 0 Å². The van der Waals surface area contributed by atoms with E-state index in [9.17, 15) is 0 Å². The molecule has 0 unspecified atom stereocenters. The Kier molecular flexibility index (Phi) is 9.77. The van der Waals surface area contributed by atoms with Gasteiger partial charge in [0.2, 0.25) is 0 Å². The maximum atomic E-state index is 5.48. The van der Waals surface area contributed by atoms with Gasteiger partial charge < -0.3 is 16.8 Å². The topological polar surface area (TPSA) is 64.1 Å². The Balaban J connectivity index is 0. The molecule has 0 amide bonds. The van der Waals surface area contributed by atoms with Crippen molar-refractivity contribution in [2.75, 3.05) is 26.7 Å². The van der Waals surface area contributed by atoms with Gasteiger partial charge in [-0.2, -0.15) is 0 Å². The molecule has 0 aromatic rings. The Hall–Kier alpha value is -0.120. The predicted molar refractivity (Wildman–Crippen MR) is 51.5 cm³/mol. The summed E-state index contributed by atoms with van der Waals surface area (Å²) in [5, 5.41) is 3.05. The molecule has 0 atom stereocenters. The van der Waals surface area contributed by atoms with Crippen LogP contribution in [0.5, 0.6) is 0 Å². The zero-order valence-corrected chi connectivity index (χ0v) is 8.28. The SMILES string of the molecule is CC.CNCC(C)(CN)CN. The molecule has 5 N–H and O–H groups in total. The van der Waals surface area contributed by atoms with Crippen molar-refractivity contribution in [2.45, 2.75) is 20.8 Å². The van der Waals surface area contributed by atoms with Crippen molar-refractivity contribution in [3.63, 3.8) is 0 Å². The third kappa shape index (κ3) is 6.28. The monoisotopic (exact) mass is 161 g/mol. The molecule has 0 aliphatic carbocycles. The van der Waals surface area contributed by atoms with Crippen molar-refractivity contribution in [1.29, 1.82) is 0 Å². The molecule has 0 saturated carbocycles. The molecule has 0 aromatic carbocycles. The van der Waals surface area contributed by atoms with E-state index in [0.29, 0.717) is 13.1 Å². The molecule has 0 aliphatic rings. The van der Waals surface area contributed by atoms with Crippen LogP contribution in [0, 0.1) is 5.41 Å². The first-order chi connectivity index (χ1) is 5.18. The summed E-state index contributed by atoms with van der Waals surface area (Å²) >= 11 is 0. The van der Waals surface area contributed by atoms with E-state index in [1.807, 2.05) is 20.9 Å². The summed E-state index contributed by atoms with van der Waals surface area (Å²) in [5.41, 5.74) is 11.0. The minimum Gasteiger partial charge on any atom is -0.330 e. The molecule has 0 spiro atoms. The quantitative estimate of drug-likeness (QED) is 0.550. The Morgan fingerprint density at radius 2 is 1.55 bits per heavy atom. The fraction of sp³-hybridized carbons (Fsp3) is 1.00. The molecule has 3 heteroatoms. The van der Waals surface area contributed by atoms with Crippen molar-refractivity contribution in [2.24, 2.45) is 16.9 Å². The summed E-state index contributed by atoms with van der Waals surface area (Å²) in [4.78, 5) is 0. The second-order valence-corrected chi connectivity index (χ2v) is 2.75. The zero-order chi connectivity index (χ0) is 9.33. The lowest BCUT2D eigenvalue weighted by Crippen LogP contribution is -2.42. The third-order valence-corrected chi connectivity index (χ3v) is 1.59. The summed E-state index contributed by atoms with van der Waals surface area (Å²) < 4.78 is 0. The molecule has 0 fully saturated rings. The van der Waals surface area contributed by atoms with Crippen LogP contribution >= 0.6 is 0 Å². The highest BCUT2D eigenvalue weighted by Crippen LogP contribution is 2.08. The molecule has 0 rings (SSSR count). The summed E-state index contributed by atoms with van der Waals surface area (Å²) in [6.45, 7) is 8.25. The maximum Gasteiger partial charge on any atom is 0.00444 e. The van der Waals surface area contributed by atoms with E-state index in [0.717, 1.165) is 6.54 Å². The standard InChI is InChI=1S/C6H17N3.C2H6/c1-6(3-7,4-8)5-9-2;1-2/h9H,3-5,7-8H2,1-2H3;1-2H3. The van der Waals surface area contributed by atoms with Crippen LogP contribution < -0.4 is 16.8 Å². The van der Waals surface area contributed by atoms with Crippen molar-refractivity contribution < 1.29 is 0 Å². The highest BCUT2D eigenvalue weighted by Gasteiger charge is 2.18. The molecule has 3 nitrogen and oxygen atoms in total. The zero-order valence-electron chi connectivity index (χ0n) is 8.28. The van der Waals surface area contributed by atoms with E-state index < -0.39 is 0 Å². The second-order valence-electron chi connectivity index (χ2n) is 2.75. The third-order valence-electron chi connectivity index (χ3n) is 1.59. The molecule has 0 aromatic heterocycles. The summed E-state index contributed by atoms with van der Waals surface area (Å²) in [6, 6.07) is 0. The number of rotatable bonds is 4. The van der Waals surface area contributed by atoms with Crippen LogP contribution in [0.2, 0.25) is 0 Å². The van der Waals surface area contributed by atoms with Crippen LogP contribution in [0.15, 0.2) is 0 Å². The van der Waals surface area contributed by atoms with Crippen molar-refractivity contribution >= 4 is 0 Å². The fourth-order valence-corrected chi connectivity index (χ4v) is 0.654. The number of hydrogen-bond acceptors (Lipinski definition) is 3. The normalized spacial score (nSPS) is 10.4. The predicted octanol–water partition coefficient (Wildman–Crippen LogP) is 0.156. The molecular formula is C8H23N3. The largest absolute Gasteiger partial charge is 0.330 e. The van der Waals surface area contributed by atoms with Crippen LogP contribution in [0.4, 0.5) is 0 Å². The minimum atomic E-state index is 0.0781. The summed E-state index contributed by atoms with van der Waals surface area (Å²) in [7, 11) is 1.91. The minimum absolute atomic E-state index is 0.0781. The Morgan fingerprint density at radius 3 is 1.64 bits per heavy atom. The van der Waals surface area contributed by atoms with Crippen LogP contribution in [0.3, 0.4) is 0 Å². The van der Waals surface area contributed by atoms with E-state index in [1.54, 1.807) is 0 Å². The molecular weight excluding hydrogens is 138 g/mol. The smallest absolute Gasteiger partial charge is 0.00444 e. The van der Waals surface area contributed by atoms with Crippen molar-refractivity contribution in [1.82, 2.24) is 5.32 Å². The second kappa shape index (κ2) is 7.98. The van der Waals surface area contributed by atoms with Gasteiger partial charge in [-0.15, -0.1) is 0 Å². The van der Waals surface area contributed by atoms with Crippen LogP contribution in [0.25, 0.3) is 0 Å². The highest BCUT2D eigenvalue weighted by molar-refractivity contribution is 4.77. The Labute approximate surface area is 70.5 Å². The van der Waals surface area contributed by atoms with Crippen LogP contribution in [-0.2, 0) is 0 Å². The summed E-state index contributed by atoms with van der Waals surface area (Å²) in [6.07, 6.45) is 0. The summed E-state index contributed by atoms with van der Waals surface area (Å²) in [5.74, 6) is 0. The lowest BCUT2D eigenvalue weighted by atomic mass is 9.91. The average molecular weight is 161 g/mol. The van der Waals surface area contributed by atoms with Gasteiger partial charge in [-0.1, -0.05) is 20.8 Å². The number of nitrogens with one attached hydrogen (secondary N) is 1. The first-order valence-corrected chi connectivity index (χ1v) is 4.23. The first-order valence-electron chi connectivity index (χ1n) is 4.23. The molecule has 0 heterocycles. The molecule has 11 heavy (non-hydrogen) atoms. The highest BCUT2D eigenvalue weighted by atomic mass is 14.9. The van der Waals surface area contributed by atoms with Gasteiger partial charge in [-0.25, -0.2) is 0 Å².